The molecule has 0 atom stereocenters. The van der Waals surface area contributed by atoms with Gasteiger partial charge < -0.3 is 5.32 Å². The summed E-state index contributed by atoms with van der Waals surface area (Å²) in [4.78, 5) is 11.2. The second-order valence-electron chi connectivity index (χ2n) is 2.84. The van der Waals surface area contributed by atoms with Crippen LogP contribution in [0.5, 0.6) is 0 Å². The Morgan fingerprint density at radius 2 is 2.21 bits per heavy atom. The number of alkyl halides is 1. The highest BCUT2D eigenvalue weighted by molar-refractivity contribution is 9.10. The quantitative estimate of drug-likeness (QED) is 0.850. The van der Waals surface area contributed by atoms with Crippen molar-refractivity contribution in [2.75, 3.05) is 10.6 Å². The second kappa shape index (κ2) is 5.51. The number of amides is 1. The molecule has 0 fully saturated rings. The van der Waals surface area contributed by atoms with Crippen molar-refractivity contribution in [1.29, 1.82) is 0 Å². The molecule has 76 valence electrons. The summed E-state index contributed by atoms with van der Waals surface area (Å²) < 4.78 is 1.03. The molecule has 0 aliphatic rings. The molecule has 1 aromatic carbocycles. The fraction of sp³-hybridized carbons (Fsp3) is 0.300. The van der Waals surface area contributed by atoms with Crippen LogP contribution in [-0.2, 0) is 11.2 Å². The van der Waals surface area contributed by atoms with Gasteiger partial charge in [0, 0.05) is 10.2 Å². The van der Waals surface area contributed by atoms with Gasteiger partial charge in [0.15, 0.2) is 0 Å². The third kappa shape index (κ3) is 3.10. The van der Waals surface area contributed by atoms with E-state index in [0.29, 0.717) is 5.33 Å². The maximum absolute atomic E-state index is 11.2. The van der Waals surface area contributed by atoms with Crippen molar-refractivity contribution < 1.29 is 4.79 Å². The summed E-state index contributed by atoms with van der Waals surface area (Å²) in [5.41, 5.74) is 2.02. The third-order valence-electron chi connectivity index (χ3n) is 1.84. The molecule has 2 nitrogen and oxygen atoms in total. The van der Waals surface area contributed by atoms with E-state index in [4.69, 9.17) is 0 Å². The van der Waals surface area contributed by atoms with Crippen molar-refractivity contribution in [2.24, 2.45) is 0 Å². The van der Waals surface area contributed by atoms with Crippen LogP contribution in [0.2, 0.25) is 0 Å². The molecule has 1 rings (SSSR count). The lowest BCUT2D eigenvalue weighted by atomic mass is 10.1. The van der Waals surface area contributed by atoms with Gasteiger partial charge in [0.25, 0.3) is 0 Å². The number of halogens is 2. The van der Waals surface area contributed by atoms with Crippen LogP contribution in [0, 0.1) is 0 Å². The molecule has 1 N–H and O–H groups in total. The summed E-state index contributed by atoms with van der Waals surface area (Å²) in [6, 6.07) is 5.84. The lowest BCUT2D eigenvalue weighted by molar-refractivity contribution is -0.113. The Morgan fingerprint density at radius 3 is 2.79 bits per heavy atom. The first-order valence-corrected chi connectivity index (χ1v) is 6.23. The number of anilines is 1. The topological polar surface area (TPSA) is 29.1 Å². The van der Waals surface area contributed by atoms with E-state index in [9.17, 15) is 4.79 Å². The minimum atomic E-state index is -0.0259. The van der Waals surface area contributed by atoms with E-state index in [-0.39, 0.29) is 5.91 Å². The van der Waals surface area contributed by atoms with Gasteiger partial charge in [-0.05, 0) is 30.2 Å². The van der Waals surface area contributed by atoms with Gasteiger partial charge in [0.2, 0.25) is 5.91 Å². The van der Waals surface area contributed by atoms with Crippen molar-refractivity contribution >= 4 is 43.5 Å². The number of rotatable bonds is 3. The smallest absolute Gasteiger partial charge is 0.235 e. The number of benzene rings is 1. The van der Waals surface area contributed by atoms with Gasteiger partial charge in [0.05, 0.1) is 5.33 Å². The van der Waals surface area contributed by atoms with E-state index in [0.717, 1.165) is 22.1 Å². The summed E-state index contributed by atoms with van der Waals surface area (Å²) in [7, 11) is 0. The molecule has 0 aromatic heterocycles. The summed E-state index contributed by atoms with van der Waals surface area (Å²) in [6.07, 6.45) is 0.900. The highest BCUT2D eigenvalue weighted by Gasteiger charge is 2.04. The SMILES string of the molecule is CCc1cc(Br)ccc1NC(=O)CBr. The fourth-order valence-electron chi connectivity index (χ4n) is 1.16. The number of carbonyl (C=O) groups excluding carboxylic acids is 1. The monoisotopic (exact) mass is 319 g/mol. The molecule has 4 heteroatoms. The number of hydrogen-bond donors (Lipinski definition) is 1. The number of aryl methyl sites for hydroxylation is 1. The molecule has 0 spiro atoms. The predicted molar refractivity (Wildman–Crippen MR) is 65.9 cm³/mol. The zero-order valence-corrected chi connectivity index (χ0v) is 11.0. The van der Waals surface area contributed by atoms with Crippen molar-refractivity contribution in [2.45, 2.75) is 13.3 Å². The molecule has 0 aliphatic heterocycles. The van der Waals surface area contributed by atoms with Crippen LogP contribution in [0.25, 0.3) is 0 Å². The van der Waals surface area contributed by atoms with E-state index >= 15 is 0 Å². The Bertz CT molecular complexity index is 339. The summed E-state index contributed by atoms with van der Waals surface area (Å²) in [6.45, 7) is 2.06. The maximum Gasteiger partial charge on any atom is 0.235 e. The summed E-state index contributed by atoms with van der Waals surface area (Å²) in [5.74, 6) is -0.0259. The zero-order chi connectivity index (χ0) is 10.6. The number of carbonyl (C=O) groups is 1. The van der Waals surface area contributed by atoms with Crippen LogP contribution in [0.3, 0.4) is 0 Å². The number of nitrogens with one attached hydrogen (secondary N) is 1. The lowest BCUT2D eigenvalue weighted by Crippen LogP contribution is -2.13. The highest BCUT2D eigenvalue weighted by atomic mass is 79.9. The van der Waals surface area contributed by atoms with Gasteiger partial charge in [-0.15, -0.1) is 0 Å². The molecular weight excluding hydrogens is 310 g/mol. The van der Waals surface area contributed by atoms with E-state index in [1.807, 2.05) is 18.2 Å². The van der Waals surface area contributed by atoms with Crippen LogP contribution in [-0.4, -0.2) is 11.2 Å². The van der Waals surface area contributed by atoms with Crippen LogP contribution < -0.4 is 5.32 Å². The van der Waals surface area contributed by atoms with E-state index in [1.165, 1.54) is 0 Å². The first kappa shape index (κ1) is 11.7. The van der Waals surface area contributed by atoms with Crippen LogP contribution in [0.1, 0.15) is 12.5 Å². The van der Waals surface area contributed by atoms with Crippen LogP contribution >= 0.6 is 31.9 Å². The van der Waals surface area contributed by atoms with Gasteiger partial charge in [-0.25, -0.2) is 0 Å². The minimum Gasteiger partial charge on any atom is -0.325 e. The molecule has 0 heterocycles. The first-order chi connectivity index (χ1) is 6.67. The molecule has 0 aliphatic carbocycles. The normalized spacial score (nSPS) is 9.93. The average Bonchev–Trinajstić information content (AvgIpc) is 2.20. The number of hydrogen-bond acceptors (Lipinski definition) is 1. The first-order valence-electron chi connectivity index (χ1n) is 4.31. The molecule has 0 saturated carbocycles. The standard InChI is InChI=1S/C10H11Br2NO/c1-2-7-5-8(12)3-4-9(7)13-10(14)6-11/h3-5H,2,6H2,1H3,(H,13,14). The Labute approximate surface area is 100 Å². The average molecular weight is 321 g/mol. The molecule has 1 aromatic rings. The van der Waals surface area contributed by atoms with Crippen molar-refractivity contribution in [3.8, 4) is 0 Å². The molecule has 1 amide bonds. The molecule has 0 bridgehead atoms. The van der Waals surface area contributed by atoms with Crippen LogP contribution in [0.15, 0.2) is 22.7 Å². The van der Waals surface area contributed by atoms with Gasteiger partial charge in [-0.1, -0.05) is 38.8 Å². The lowest BCUT2D eigenvalue weighted by Gasteiger charge is -2.08. The predicted octanol–water partition coefficient (Wildman–Crippen LogP) is 3.34. The zero-order valence-electron chi connectivity index (χ0n) is 7.81. The summed E-state index contributed by atoms with van der Waals surface area (Å²) in [5, 5.41) is 3.16. The van der Waals surface area contributed by atoms with Gasteiger partial charge in [-0.2, -0.15) is 0 Å². The summed E-state index contributed by atoms with van der Waals surface area (Å²) >= 11 is 6.51. The van der Waals surface area contributed by atoms with Gasteiger partial charge >= 0.3 is 0 Å². The Balaban J connectivity index is 2.90. The molecule has 14 heavy (non-hydrogen) atoms. The van der Waals surface area contributed by atoms with E-state index in [2.05, 4.69) is 44.1 Å². The minimum absolute atomic E-state index is 0.0259. The van der Waals surface area contributed by atoms with Crippen molar-refractivity contribution in [3.05, 3.63) is 28.2 Å². The third-order valence-corrected chi connectivity index (χ3v) is 2.85. The van der Waals surface area contributed by atoms with Gasteiger partial charge in [-0.3, -0.25) is 4.79 Å². The van der Waals surface area contributed by atoms with E-state index in [1.54, 1.807) is 0 Å². The Morgan fingerprint density at radius 1 is 1.50 bits per heavy atom. The molecular formula is C10H11Br2NO. The van der Waals surface area contributed by atoms with Crippen molar-refractivity contribution in [3.63, 3.8) is 0 Å². The van der Waals surface area contributed by atoms with Crippen LogP contribution in [0.4, 0.5) is 5.69 Å². The Hall–Kier alpha value is -0.350. The molecule has 0 saturated heterocycles. The van der Waals surface area contributed by atoms with E-state index < -0.39 is 0 Å². The fourth-order valence-corrected chi connectivity index (χ4v) is 1.71. The molecule has 0 radical (unpaired) electrons. The second-order valence-corrected chi connectivity index (χ2v) is 4.31. The highest BCUT2D eigenvalue weighted by Crippen LogP contribution is 2.21. The van der Waals surface area contributed by atoms with Gasteiger partial charge in [0.1, 0.15) is 0 Å². The maximum atomic E-state index is 11.2. The molecule has 0 unspecified atom stereocenters. The van der Waals surface area contributed by atoms with Crippen molar-refractivity contribution in [1.82, 2.24) is 0 Å². The Kier molecular flexibility index (Phi) is 4.62. The largest absolute Gasteiger partial charge is 0.325 e.